The molecular weight excluding hydrogens is 268 g/mol. The predicted molar refractivity (Wildman–Crippen MR) is 82.8 cm³/mol. The van der Waals surface area contributed by atoms with Crippen molar-refractivity contribution in [3.8, 4) is 0 Å². The molecule has 5 nitrogen and oxygen atoms in total. The first kappa shape index (κ1) is 18.0. The number of carbonyl (C=O) groups excluding carboxylic acids is 1. The van der Waals surface area contributed by atoms with Gasteiger partial charge in [-0.1, -0.05) is 6.92 Å². The Kier molecular flexibility index (Phi) is 6.65. The van der Waals surface area contributed by atoms with Gasteiger partial charge in [-0.05, 0) is 57.9 Å². The fourth-order valence-electron chi connectivity index (χ4n) is 2.92. The minimum atomic E-state index is -0.779. The Hall–Kier alpha value is -1.10. The maximum Gasteiger partial charge on any atom is 0.309 e. The van der Waals surface area contributed by atoms with Crippen LogP contribution in [0, 0.1) is 17.3 Å². The molecule has 0 aromatic heterocycles. The van der Waals surface area contributed by atoms with Crippen LogP contribution >= 0.6 is 0 Å². The van der Waals surface area contributed by atoms with Gasteiger partial charge in [-0.3, -0.25) is 9.59 Å². The molecule has 0 aromatic rings. The van der Waals surface area contributed by atoms with E-state index in [1.807, 2.05) is 4.90 Å². The first-order valence-corrected chi connectivity index (χ1v) is 8.00. The number of carboxylic acid groups (broad SMARTS) is 1. The van der Waals surface area contributed by atoms with Crippen LogP contribution in [-0.4, -0.2) is 41.5 Å². The minimum absolute atomic E-state index is 0.0363. The van der Waals surface area contributed by atoms with Gasteiger partial charge in [0.25, 0.3) is 0 Å². The smallest absolute Gasteiger partial charge is 0.309 e. The highest BCUT2D eigenvalue weighted by Crippen LogP contribution is 2.34. The van der Waals surface area contributed by atoms with Crippen LogP contribution in [0.3, 0.4) is 0 Å². The van der Waals surface area contributed by atoms with Gasteiger partial charge < -0.3 is 15.7 Å². The third kappa shape index (κ3) is 4.99. The molecule has 1 saturated heterocycles. The fourth-order valence-corrected chi connectivity index (χ4v) is 2.92. The molecule has 0 spiro atoms. The minimum Gasteiger partial charge on any atom is -0.481 e. The average molecular weight is 298 g/mol. The van der Waals surface area contributed by atoms with Gasteiger partial charge >= 0.3 is 5.97 Å². The highest BCUT2D eigenvalue weighted by atomic mass is 16.4. The Bertz CT molecular complexity index is 369. The lowest BCUT2D eigenvalue weighted by Gasteiger charge is -2.39. The molecule has 1 fully saturated rings. The van der Waals surface area contributed by atoms with Gasteiger partial charge in [-0.25, -0.2) is 0 Å². The van der Waals surface area contributed by atoms with Crippen LogP contribution in [0.25, 0.3) is 0 Å². The number of nitrogens with two attached hydrogens (primary N) is 1. The Balaban J connectivity index is 2.52. The third-order valence-electron chi connectivity index (χ3n) is 4.86. The van der Waals surface area contributed by atoms with E-state index in [1.165, 1.54) is 0 Å². The van der Waals surface area contributed by atoms with Crippen molar-refractivity contribution in [1.29, 1.82) is 0 Å². The van der Waals surface area contributed by atoms with Gasteiger partial charge in [0.05, 0.1) is 5.41 Å². The summed E-state index contributed by atoms with van der Waals surface area (Å²) < 4.78 is 0. The van der Waals surface area contributed by atoms with Crippen molar-refractivity contribution < 1.29 is 14.7 Å². The monoisotopic (exact) mass is 298 g/mol. The molecule has 122 valence electrons. The van der Waals surface area contributed by atoms with E-state index in [9.17, 15) is 14.7 Å². The van der Waals surface area contributed by atoms with Crippen LogP contribution in [0.1, 0.15) is 52.9 Å². The van der Waals surface area contributed by atoms with Gasteiger partial charge in [-0.15, -0.1) is 0 Å². The quantitative estimate of drug-likeness (QED) is 0.754. The van der Waals surface area contributed by atoms with Crippen LogP contribution in [0.5, 0.6) is 0 Å². The summed E-state index contributed by atoms with van der Waals surface area (Å²) >= 11 is 0. The number of nitrogens with zero attached hydrogens (tertiary/aromatic N) is 1. The van der Waals surface area contributed by atoms with Crippen LogP contribution in [-0.2, 0) is 9.59 Å². The molecule has 0 radical (unpaired) electrons. The number of hydrogen-bond donors (Lipinski definition) is 2. The van der Waals surface area contributed by atoms with Crippen molar-refractivity contribution in [1.82, 2.24) is 4.90 Å². The van der Waals surface area contributed by atoms with Gasteiger partial charge in [0.15, 0.2) is 0 Å². The number of hydrogen-bond acceptors (Lipinski definition) is 3. The molecule has 5 heteroatoms. The van der Waals surface area contributed by atoms with E-state index in [0.29, 0.717) is 25.4 Å². The van der Waals surface area contributed by atoms with E-state index in [2.05, 4.69) is 6.92 Å². The van der Waals surface area contributed by atoms with Crippen LogP contribution < -0.4 is 5.73 Å². The summed E-state index contributed by atoms with van der Waals surface area (Å²) in [5.41, 5.74) is 4.75. The summed E-state index contributed by atoms with van der Waals surface area (Å²) in [6, 6.07) is 0. The Morgan fingerprint density at radius 3 is 2.62 bits per heavy atom. The number of amides is 1. The zero-order valence-corrected chi connectivity index (χ0v) is 13.6. The van der Waals surface area contributed by atoms with E-state index in [-0.39, 0.29) is 11.8 Å². The summed E-state index contributed by atoms with van der Waals surface area (Å²) in [6.45, 7) is 7.63. The molecule has 1 amide bonds. The highest BCUT2D eigenvalue weighted by Gasteiger charge is 2.39. The van der Waals surface area contributed by atoms with E-state index in [4.69, 9.17) is 5.73 Å². The molecule has 0 bridgehead atoms. The molecule has 0 aromatic carbocycles. The Morgan fingerprint density at radius 2 is 2.05 bits per heavy atom. The molecule has 1 aliphatic heterocycles. The van der Waals surface area contributed by atoms with Crippen molar-refractivity contribution in [2.45, 2.75) is 52.9 Å². The van der Waals surface area contributed by atoms with Gasteiger partial charge in [0.2, 0.25) is 5.91 Å². The van der Waals surface area contributed by atoms with Gasteiger partial charge in [0.1, 0.15) is 0 Å². The number of carbonyl (C=O) groups is 2. The second kappa shape index (κ2) is 7.78. The predicted octanol–water partition coefficient (Wildman–Crippen LogP) is 2.10. The first-order valence-electron chi connectivity index (χ1n) is 8.00. The van der Waals surface area contributed by atoms with E-state index in [1.54, 1.807) is 13.8 Å². The Morgan fingerprint density at radius 1 is 1.38 bits per heavy atom. The second-order valence-electron chi connectivity index (χ2n) is 6.93. The molecule has 1 aliphatic rings. The van der Waals surface area contributed by atoms with Crippen molar-refractivity contribution in [2.24, 2.45) is 23.0 Å². The van der Waals surface area contributed by atoms with E-state index >= 15 is 0 Å². The molecule has 1 rings (SSSR count). The summed E-state index contributed by atoms with van der Waals surface area (Å²) in [5.74, 6) is -0.118. The standard InChI is InChI=1S/C16H30N2O3/c1-12(8-9-17)6-7-14(19)18-10-4-5-13(11-18)16(2,3)15(20)21/h12-13H,4-11,17H2,1-3H3,(H,20,21). The molecular formula is C16H30N2O3. The largest absolute Gasteiger partial charge is 0.481 e. The molecule has 0 aliphatic carbocycles. The van der Waals surface area contributed by atoms with Crippen molar-refractivity contribution in [3.63, 3.8) is 0 Å². The van der Waals surface area contributed by atoms with E-state index < -0.39 is 11.4 Å². The third-order valence-corrected chi connectivity index (χ3v) is 4.86. The average Bonchev–Trinajstić information content (AvgIpc) is 2.45. The molecule has 3 N–H and O–H groups in total. The topological polar surface area (TPSA) is 83.6 Å². The van der Waals surface area contributed by atoms with Gasteiger partial charge in [-0.2, -0.15) is 0 Å². The maximum atomic E-state index is 12.3. The zero-order valence-electron chi connectivity index (χ0n) is 13.6. The summed E-state index contributed by atoms with van der Waals surface area (Å²) in [7, 11) is 0. The first-order chi connectivity index (χ1) is 9.78. The normalized spacial score (nSPS) is 21.1. The SMILES string of the molecule is CC(CCN)CCC(=O)N1CCCC(C(C)(C)C(=O)O)C1. The molecule has 0 saturated carbocycles. The summed E-state index contributed by atoms with van der Waals surface area (Å²) in [6.07, 6.45) is 4.13. The highest BCUT2D eigenvalue weighted by molar-refractivity contribution is 5.77. The zero-order chi connectivity index (χ0) is 16.0. The summed E-state index contributed by atoms with van der Waals surface area (Å²) in [5, 5.41) is 9.34. The van der Waals surface area contributed by atoms with Crippen molar-refractivity contribution in [2.75, 3.05) is 19.6 Å². The number of rotatable bonds is 7. The number of likely N-dealkylation sites (tertiary alicyclic amines) is 1. The van der Waals surface area contributed by atoms with Crippen LogP contribution in [0.2, 0.25) is 0 Å². The lowest BCUT2D eigenvalue weighted by atomic mass is 9.74. The lowest BCUT2D eigenvalue weighted by molar-refractivity contribution is -0.153. The van der Waals surface area contributed by atoms with Gasteiger partial charge in [0, 0.05) is 19.5 Å². The molecule has 2 unspecified atom stereocenters. The fraction of sp³-hybridized carbons (Fsp3) is 0.875. The van der Waals surface area contributed by atoms with Crippen LogP contribution in [0.4, 0.5) is 0 Å². The molecule has 21 heavy (non-hydrogen) atoms. The van der Waals surface area contributed by atoms with Crippen LogP contribution in [0.15, 0.2) is 0 Å². The lowest BCUT2D eigenvalue weighted by Crippen LogP contribution is -2.46. The molecule has 2 atom stereocenters. The Labute approximate surface area is 127 Å². The van der Waals surface area contributed by atoms with Crippen molar-refractivity contribution in [3.05, 3.63) is 0 Å². The maximum absolute atomic E-state index is 12.3. The second-order valence-corrected chi connectivity index (χ2v) is 6.93. The summed E-state index contributed by atoms with van der Waals surface area (Å²) in [4.78, 5) is 25.5. The number of carboxylic acids is 1. The van der Waals surface area contributed by atoms with E-state index in [0.717, 1.165) is 32.2 Å². The number of aliphatic carboxylic acids is 1. The number of piperidine rings is 1. The molecule has 1 heterocycles. The van der Waals surface area contributed by atoms with Crippen molar-refractivity contribution >= 4 is 11.9 Å².